The molecule has 11 heteroatoms. The number of hydrogen-bond acceptors (Lipinski definition) is 6. The second-order valence-electron chi connectivity index (χ2n) is 8.98. The van der Waals surface area contributed by atoms with Crippen LogP contribution in [0.4, 0.5) is 10.5 Å². The van der Waals surface area contributed by atoms with Crippen molar-refractivity contribution in [1.82, 2.24) is 14.7 Å². The maximum Gasteiger partial charge on any atom is 0.412 e. The lowest BCUT2D eigenvalue weighted by atomic mass is 9.92. The van der Waals surface area contributed by atoms with Crippen molar-refractivity contribution in [1.29, 1.82) is 0 Å². The summed E-state index contributed by atoms with van der Waals surface area (Å²) in [5, 5.41) is 14.1. The van der Waals surface area contributed by atoms with Crippen molar-refractivity contribution in [3.05, 3.63) is 30.1 Å². The van der Waals surface area contributed by atoms with Crippen LogP contribution in [0.5, 0.6) is 5.75 Å². The molecule has 2 aliphatic rings. The summed E-state index contributed by atoms with van der Waals surface area (Å²) in [4.78, 5) is 27.7. The molecule has 10 nitrogen and oxygen atoms in total. The number of sulfone groups is 1. The maximum atomic E-state index is 12.7. The average Bonchev–Trinajstić information content (AvgIpc) is 3.47. The van der Waals surface area contributed by atoms with Crippen LogP contribution >= 0.6 is 0 Å². The highest BCUT2D eigenvalue weighted by atomic mass is 32.2. The van der Waals surface area contributed by atoms with E-state index in [2.05, 4.69) is 5.10 Å². The van der Waals surface area contributed by atoms with Crippen molar-refractivity contribution in [3.63, 3.8) is 0 Å². The number of hydrogen-bond donors (Lipinski definition) is 1. The normalized spacial score (nSPS) is 18.1. The minimum Gasteiger partial charge on any atom is -0.483 e. The van der Waals surface area contributed by atoms with Gasteiger partial charge in [-0.1, -0.05) is 0 Å². The van der Waals surface area contributed by atoms with E-state index >= 15 is 0 Å². The highest BCUT2D eigenvalue weighted by Crippen LogP contribution is 2.43. The summed E-state index contributed by atoms with van der Waals surface area (Å²) in [6, 6.07) is 3.37. The first-order valence-corrected chi connectivity index (χ1v) is 13.5. The van der Waals surface area contributed by atoms with E-state index < -0.39 is 15.9 Å². The van der Waals surface area contributed by atoms with Crippen LogP contribution in [0.15, 0.2) is 24.5 Å². The summed E-state index contributed by atoms with van der Waals surface area (Å²) in [6.45, 7) is 3.40. The van der Waals surface area contributed by atoms with Gasteiger partial charge in [0, 0.05) is 48.3 Å². The molecular formula is C23H30N4O6S. The molecular weight excluding hydrogens is 460 g/mol. The highest BCUT2D eigenvalue weighted by Gasteiger charge is 2.32. The van der Waals surface area contributed by atoms with Gasteiger partial charge in [0.15, 0.2) is 6.61 Å². The number of carbonyl (C=O) groups excluding carboxylic acids is 1. The number of nitrogens with zero attached hydrogens (tertiary/aromatic N) is 4. The largest absolute Gasteiger partial charge is 0.483 e. The molecule has 0 aliphatic carbocycles. The van der Waals surface area contributed by atoms with Gasteiger partial charge in [-0.2, -0.15) is 5.10 Å². The van der Waals surface area contributed by atoms with E-state index in [4.69, 9.17) is 4.74 Å². The van der Waals surface area contributed by atoms with E-state index in [1.54, 1.807) is 34.1 Å². The van der Waals surface area contributed by atoms with Crippen molar-refractivity contribution in [2.45, 2.75) is 45.2 Å². The summed E-state index contributed by atoms with van der Waals surface area (Å²) < 4.78 is 30.7. The van der Waals surface area contributed by atoms with Gasteiger partial charge >= 0.3 is 6.09 Å². The number of aromatic nitrogens is 2. The van der Waals surface area contributed by atoms with E-state index in [1.165, 1.54) is 11.2 Å². The first kappa shape index (κ1) is 24.1. The molecule has 2 aromatic rings. The van der Waals surface area contributed by atoms with Crippen LogP contribution in [0.25, 0.3) is 11.1 Å². The van der Waals surface area contributed by atoms with E-state index in [-0.39, 0.29) is 30.9 Å². The van der Waals surface area contributed by atoms with Crippen LogP contribution in [0.1, 0.15) is 31.7 Å². The smallest absolute Gasteiger partial charge is 0.412 e. The van der Waals surface area contributed by atoms with E-state index in [9.17, 15) is 23.1 Å². The van der Waals surface area contributed by atoms with Gasteiger partial charge in [-0.3, -0.25) is 14.4 Å². The van der Waals surface area contributed by atoms with Gasteiger partial charge in [0.25, 0.3) is 5.91 Å². The zero-order chi connectivity index (χ0) is 24.5. The van der Waals surface area contributed by atoms with Crippen molar-refractivity contribution in [2.75, 3.05) is 36.6 Å². The number of carboxylic acid groups (broad SMARTS) is 1. The second kappa shape index (κ2) is 9.65. The predicted molar refractivity (Wildman–Crippen MR) is 127 cm³/mol. The average molecular weight is 491 g/mol. The molecule has 2 aliphatic heterocycles. The molecule has 1 fully saturated rings. The second-order valence-corrected chi connectivity index (χ2v) is 11.2. The monoisotopic (exact) mass is 490 g/mol. The number of fused-ring (bicyclic) bond motifs is 1. The first-order valence-electron chi connectivity index (χ1n) is 11.4. The van der Waals surface area contributed by atoms with Gasteiger partial charge in [-0.05, 0) is 44.7 Å². The molecule has 0 saturated carbocycles. The molecule has 0 bridgehead atoms. The molecule has 184 valence electrons. The molecule has 0 spiro atoms. The van der Waals surface area contributed by atoms with Crippen LogP contribution in [0, 0.1) is 0 Å². The Kier molecular flexibility index (Phi) is 6.83. The Hall–Kier alpha value is -3.08. The van der Waals surface area contributed by atoms with Gasteiger partial charge in [0.05, 0.1) is 24.2 Å². The minimum absolute atomic E-state index is 0.0303. The van der Waals surface area contributed by atoms with Crippen molar-refractivity contribution < 1.29 is 27.9 Å². The van der Waals surface area contributed by atoms with Crippen molar-refractivity contribution in [3.8, 4) is 16.9 Å². The molecule has 1 atom stereocenters. The molecule has 1 aromatic heterocycles. The summed E-state index contributed by atoms with van der Waals surface area (Å²) in [5.41, 5.74) is 2.71. The van der Waals surface area contributed by atoms with E-state index in [0.717, 1.165) is 31.5 Å². The lowest BCUT2D eigenvalue weighted by molar-refractivity contribution is -0.132. The number of ether oxygens (including phenoxy) is 1. The molecule has 3 heterocycles. The Balaban J connectivity index is 1.69. The fourth-order valence-corrected chi connectivity index (χ4v) is 5.08. The summed E-state index contributed by atoms with van der Waals surface area (Å²) >= 11 is 0. The van der Waals surface area contributed by atoms with Crippen LogP contribution < -0.4 is 9.64 Å². The Labute approximate surface area is 199 Å². The molecule has 0 radical (unpaired) electrons. The molecule has 0 unspecified atom stereocenters. The number of likely N-dealkylation sites (tertiary alicyclic amines) is 1. The first-order chi connectivity index (χ1) is 16.1. The molecule has 2 amide bonds. The molecule has 1 saturated heterocycles. The number of benzene rings is 1. The topological polar surface area (TPSA) is 122 Å². The maximum absolute atomic E-state index is 12.7. The summed E-state index contributed by atoms with van der Waals surface area (Å²) in [7, 11) is -3.13. The van der Waals surface area contributed by atoms with Crippen molar-refractivity contribution >= 4 is 27.5 Å². The third-order valence-electron chi connectivity index (χ3n) is 6.39. The fourth-order valence-electron chi connectivity index (χ4n) is 4.56. The van der Waals surface area contributed by atoms with Crippen LogP contribution in [0.2, 0.25) is 0 Å². The third-order valence-corrected chi connectivity index (χ3v) is 7.31. The van der Waals surface area contributed by atoms with E-state index in [0.29, 0.717) is 35.4 Å². The quantitative estimate of drug-likeness (QED) is 0.632. The van der Waals surface area contributed by atoms with Gasteiger partial charge in [-0.25, -0.2) is 13.2 Å². The minimum atomic E-state index is -3.13. The summed E-state index contributed by atoms with van der Waals surface area (Å²) in [6.07, 6.45) is 6.72. The molecule has 34 heavy (non-hydrogen) atoms. The zero-order valence-corrected chi connectivity index (χ0v) is 20.3. The standard InChI is InChI=1S/C23H30N4O6S/c1-16-5-6-19-20(27(16)23(29)30)8-7-18(17-13-24-26(14-17)11-12-34(2,31)32)22(19)33-15-21(28)25-9-3-4-10-25/h7-8,13-14,16H,3-6,9-12,15H2,1-2H3,(H,29,30)/t16-/m0/s1. The van der Waals surface area contributed by atoms with Crippen molar-refractivity contribution in [2.24, 2.45) is 0 Å². The SMILES string of the molecule is C[C@H]1CCc2c(ccc(-c3cnn(CCS(C)(=O)=O)c3)c2OCC(=O)N2CCCC2)N1C(=O)O. The van der Waals surface area contributed by atoms with Gasteiger partial charge in [0.1, 0.15) is 15.6 Å². The van der Waals surface area contributed by atoms with Gasteiger partial charge in [0.2, 0.25) is 0 Å². The van der Waals surface area contributed by atoms with E-state index in [1.807, 2.05) is 6.92 Å². The van der Waals surface area contributed by atoms with Gasteiger partial charge < -0.3 is 14.7 Å². The number of anilines is 1. The Morgan fingerprint density at radius 2 is 1.97 bits per heavy atom. The Morgan fingerprint density at radius 3 is 2.65 bits per heavy atom. The number of rotatable bonds is 7. The lowest BCUT2D eigenvalue weighted by Crippen LogP contribution is -2.41. The Bertz CT molecular complexity index is 1190. The Morgan fingerprint density at radius 1 is 1.24 bits per heavy atom. The van der Waals surface area contributed by atoms with Gasteiger partial charge in [-0.15, -0.1) is 0 Å². The number of amides is 2. The lowest BCUT2D eigenvalue weighted by Gasteiger charge is -2.34. The highest BCUT2D eigenvalue weighted by molar-refractivity contribution is 7.90. The third kappa shape index (κ3) is 5.19. The molecule has 1 N–H and O–H groups in total. The fraction of sp³-hybridized carbons (Fsp3) is 0.522. The number of aryl methyl sites for hydroxylation is 1. The van der Waals surface area contributed by atoms with Crippen LogP contribution in [0.3, 0.4) is 0 Å². The molecule has 1 aromatic carbocycles. The predicted octanol–water partition coefficient (Wildman–Crippen LogP) is 2.42. The zero-order valence-electron chi connectivity index (χ0n) is 19.4. The van der Waals surface area contributed by atoms with Crippen LogP contribution in [-0.2, 0) is 27.6 Å². The molecule has 4 rings (SSSR count). The number of carbonyl (C=O) groups is 2. The summed E-state index contributed by atoms with van der Waals surface area (Å²) in [5.74, 6) is 0.354. The van der Waals surface area contributed by atoms with Crippen LogP contribution in [-0.4, -0.2) is 78.0 Å².